The Morgan fingerprint density at radius 3 is 2.55 bits per heavy atom. The van der Waals surface area contributed by atoms with Crippen LogP contribution in [-0.4, -0.2) is 29.7 Å². The number of nitrogens with zero attached hydrogens (tertiary/aromatic N) is 1. The molecule has 0 bridgehead atoms. The molecule has 0 aliphatic carbocycles. The Morgan fingerprint density at radius 2 is 2.00 bits per heavy atom. The van der Waals surface area contributed by atoms with Gasteiger partial charge in [0, 0.05) is 6.07 Å². The fourth-order valence-corrected chi connectivity index (χ4v) is 3.38. The van der Waals surface area contributed by atoms with Crippen molar-refractivity contribution in [1.29, 1.82) is 0 Å². The predicted octanol–water partition coefficient (Wildman–Crippen LogP) is 2.22. The van der Waals surface area contributed by atoms with Gasteiger partial charge in [-0.3, -0.25) is 9.82 Å². The van der Waals surface area contributed by atoms with E-state index in [1.165, 1.54) is 12.3 Å². The molecule has 20 heavy (non-hydrogen) atoms. The zero-order valence-corrected chi connectivity index (χ0v) is 11.9. The molecule has 106 valence electrons. The zero-order valence-electron chi connectivity index (χ0n) is 9.59. The molecule has 1 aromatic heterocycles. The summed E-state index contributed by atoms with van der Waals surface area (Å²) in [7, 11) is -4.06. The number of aromatic nitrogens is 2. The molecule has 0 aliphatic heterocycles. The van der Waals surface area contributed by atoms with Gasteiger partial charge in [-0.2, -0.15) is 5.10 Å². The summed E-state index contributed by atoms with van der Waals surface area (Å²) in [6.07, 6.45) is 1.35. The van der Waals surface area contributed by atoms with Gasteiger partial charge in [0.25, 0.3) is 10.0 Å². The van der Waals surface area contributed by atoms with Crippen molar-refractivity contribution in [3.8, 4) is 0 Å². The molecule has 0 atom stereocenters. The molecule has 7 nitrogen and oxygen atoms in total. The van der Waals surface area contributed by atoms with Gasteiger partial charge < -0.3 is 5.11 Å². The molecule has 0 saturated heterocycles. The first-order valence-electron chi connectivity index (χ1n) is 5.06. The van der Waals surface area contributed by atoms with Gasteiger partial charge in [-0.25, -0.2) is 13.2 Å². The van der Waals surface area contributed by atoms with Gasteiger partial charge in [0.05, 0.1) is 21.8 Å². The molecule has 2 rings (SSSR count). The minimum Gasteiger partial charge on any atom is -0.478 e. The summed E-state index contributed by atoms with van der Waals surface area (Å²) in [4.78, 5) is 10.6. The highest BCUT2D eigenvalue weighted by atomic mass is 35.5. The summed E-state index contributed by atoms with van der Waals surface area (Å²) in [5, 5.41) is 14.4. The molecule has 10 heteroatoms. The third kappa shape index (κ3) is 2.72. The van der Waals surface area contributed by atoms with Crippen molar-refractivity contribution >= 4 is 45.0 Å². The molecule has 1 heterocycles. The Morgan fingerprint density at radius 1 is 1.30 bits per heavy atom. The lowest BCUT2D eigenvalue weighted by Gasteiger charge is -2.10. The number of halogens is 2. The van der Waals surface area contributed by atoms with E-state index in [2.05, 4.69) is 14.9 Å². The van der Waals surface area contributed by atoms with Crippen LogP contribution < -0.4 is 4.72 Å². The van der Waals surface area contributed by atoms with Crippen molar-refractivity contribution in [3.63, 3.8) is 0 Å². The number of sulfonamides is 1. The predicted molar refractivity (Wildman–Crippen MR) is 72.8 cm³/mol. The molecule has 0 radical (unpaired) electrons. The lowest BCUT2D eigenvalue weighted by Crippen LogP contribution is -2.15. The minimum absolute atomic E-state index is 0.118. The van der Waals surface area contributed by atoms with E-state index < -0.39 is 31.5 Å². The van der Waals surface area contributed by atoms with Crippen LogP contribution in [0.3, 0.4) is 0 Å². The van der Waals surface area contributed by atoms with E-state index in [4.69, 9.17) is 28.3 Å². The maximum Gasteiger partial charge on any atom is 0.338 e. The number of aromatic carboxylic acids is 1. The lowest BCUT2D eigenvalue weighted by atomic mass is 10.2. The summed E-state index contributed by atoms with van der Waals surface area (Å²) in [6.45, 7) is 0. The summed E-state index contributed by atoms with van der Waals surface area (Å²) in [5.74, 6) is -1.30. The van der Waals surface area contributed by atoms with Crippen molar-refractivity contribution in [1.82, 2.24) is 10.2 Å². The monoisotopic (exact) mass is 335 g/mol. The molecule has 0 fully saturated rings. The van der Waals surface area contributed by atoms with Crippen LogP contribution in [0.15, 0.2) is 29.3 Å². The van der Waals surface area contributed by atoms with E-state index in [1.807, 2.05) is 0 Å². The number of hydrogen-bond acceptors (Lipinski definition) is 4. The van der Waals surface area contributed by atoms with E-state index in [-0.39, 0.29) is 10.8 Å². The lowest BCUT2D eigenvalue weighted by molar-refractivity contribution is 0.0697. The summed E-state index contributed by atoms with van der Waals surface area (Å²) in [5.41, 5.74) is -0.471. The van der Waals surface area contributed by atoms with Crippen LogP contribution in [-0.2, 0) is 10.0 Å². The highest BCUT2D eigenvalue weighted by Crippen LogP contribution is 2.31. The van der Waals surface area contributed by atoms with E-state index in [9.17, 15) is 13.2 Å². The van der Waals surface area contributed by atoms with Crippen LogP contribution >= 0.6 is 23.2 Å². The molecular formula is C10H7Cl2N3O4S. The van der Waals surface area contributed by atoms with Crippen LogP contribution in [0.25, 0.3) is 0 Å². The Labute approximate surface area is 123 Å². The van der Waals surface area contributed by atoms with Gasteiger partial charge >= 0.3 is 5.97 Å². The first-order valence-corrected chi connectivity index (χ1v) is 7.30. The van der Waals surface area contributed by atoms with E-state index >= 15 is 0 Å². The topological polar surface area (TPSA) is 112 Å². The second kappa shape index (κ2) is 5.31. The van der Waals surface area contributed by atoms with Gasteiger partial charge in [-0.15, -0.1) is 0 Å². The average molecular weight is 336 g/mol. The number of rotatable bonds is 4. The van der Waals surface area contributed by atoms with Gasteiger partial charge in [0.2, 0.25) is 0 Å². The highest BCUT2D eigenvalue weighted by molar-refractivity contribution is 7.92. The van der Waals surface area contributed by atoms with Crippen LogP contribution in [0.5, 0.6) is 0 Å². The summed E-state index contributed by atoms with van der Waals surface area (Å²) < 4.78 is 26.4. The third-order valence-corrected chi connectivity index (χ3v) is 4.53. The number of hydrogen-bond donors (Lipinski definition) is 3. The van der Waals surface area contributed by atoms with Gasteiger partial charge in [0.15, 0.2) is 0 Å². The third-order valence-electron chi connectivity index (χ3n) is 2.30. The first-order chi connectivity index (χ1) is 9.33. The molecule has 0 saturated carbocycles. The standard InChI is InChI=1S/C10H7Cl2N3O4S/c11-5-1-2-6(9(12)8(5)10(16)17)20(18,19)15-7-3-4-13-14-7/h1-4H,(H,16,17)(H2,13,14,15). The smallest absolute Gasteiger partial charge is 0.338 e. The van der Waals surface area contributed by atoms with Crippen molar-refractivity contribution < 1.29 is 18.3 Å². The van der Waals surface area contributed by atoms with Crippen molar-refractivity contribution in [2.75, 3.05) is 4.72 Å². The summed E-state index contributed by atoms with van der Waals surface area (Å²) in [6, 6.07) is 3.66. The molecule has 2 aromatic rings. The molecule has 0 spiro atoms. The van der Waals surface area contributed by atoms with E-state index in [0.717, 1.165) is 12.1 Å². The molecular weight excluding hydrogens is 329 g/mol. The van der Waals surface area contributed by atoms with Gasteiger partial charge in [-0.05, 0) is 12.1 Å². The van der Waals surface area contributed by atoms with Crippen molar-refractivity contribution in [2.45, 2.75) is 4.90 Å². The molecule has 3 N–H and O–H groups in total. The van der Waals surface area contributed by atoms with Crippen LogP contribution in [0.1, 0.15) is 10.4 Å². The first kappa shape index (κ1) is 14.6. The second-order valence-electron chi connectivity index (χ2n) is 3.62. The van der Waals surface area contributed by atoms with Crippen molar-refractivity contribution in [3.05, 3.63) is 40.0 Å². The zero-order chi connectivity index (χ0) is 14.9. The van der Waals surface area contributed by atoms with Gasteiger partial charge in [0.1, 0.15) is 10.7 Å². The number of carbonyl (C=O) groups is 1. The highest BCUT2D eigenvalue weighted by Gasteiger charge is 2.25. The Kier molecular flexibility index (Phi) is 3.89. The quantitative estimate of drug-likeness (QED) is 0.792. The Bertz CT molecular complexity index is 759. The number of H-pyrrole nitrogens is 1. The molecule has 0 aliphatic rings. The van der Waals surface area contributed by atoms with E-state index in [0.29, 0.717) is 0 Å². The SMILES string of the molecule is O=C(O)c1c(Cl)ccc(S(=O)(=O)Nc2ccn[nH]2)c1Cl. The van der Waals surface area contributed by atoms with Gasteiger partial charge in [-0.1, -0.05) is 23.2 Å². The number of carboxylic acids is 1. The Balaban J connectivity index is 2.53. The van der Waals surface area contributed by atoms with Crippen LogP contribution in [0.2, 0.25) is 10.0 Å². The largest absolute Gasteiger partial charge is 0.478 e. The fourth-order valence-electron chi connectivity index (χ4n) is 1.45. The second-order valence-corrected chi connectivity index (χ2v) is 6.05. The number of benzene rings is 1. The summed E-state index contributed by atoms with van der Waals surface area (Å²) >= 11 is 11.5. The molecule has 1 aromatic carbocycles. The number of aromatic amines is 1. The maximum absolute atomic E-state index is 12.1. The number of anilines is 1. The maximum atomic E-state index is 12.1. The Hall–Kier alpha value is -1.77. The van der Waals surface area contributed by atoms with Crippen molar-refractivity contribution in [2.24, 2.45) is 0 Å². The molecule has 0 amide bonds. The van der Waals surface area contributed by atoms with Crippen LogP contribution in [0, 0.1) is 0 Å². The minimum atomic E-state index is -4.06. The van der Waals surface area contributed by atoms with E-state index in [1.54, 1.807) is 0 Å². The number of nitrogens with one attached hydrogen (secondary N) is 2. The van der Waals surface area contributed by atoms with Crippen LogP contribution in [0.4, 0.5) is 5.82 Å². The average Bonchev–Trinajstić information content (AvgIpc) is 2.79. The fraction of sp³-hybridized carbons (Fsp3) is 0. The number of carboxylic acid groups (broad SMARTS) is 1. The molecule has 0 unspecified atom stereocenters. The normalized spacial score (nSPS) is 11.3.